The van der Waals surface area contributed by atoms with Crippen LogP contribution in [0.1, 0.15) is 38.0 Å². The predicted molar refractivity (Wildman–Crippen MR) is 82.9 cm³/mol. The van der Waals surface area contributed by atoms with Gasteiger partial charge in [-0.1, -0.05) is 0 Å². The Balaban J connectivity index is 1.69. The molecule has 0 aromatic carbocycles. The minimum absolute atomic E-state index is 0.282. The van der Waals surface area contributed by atoms with Crippen LogP contribution in [0, 0.1) is 0 Å². The number of nitrogens with one attached hydrogen (secondary N) is 1. The van der Waals surface area contributed by atoms with Gasteiger partial charge >= 0.3 is 0 Å². The maximum atomic E-state index is 5.41. The summed E-state index contributed by atoms with van der Waals surface area (Å²) in [6.45, 7) is 5.37. The van der Waals surface area contributed by atoms with Crippen molar-refractivity contribution in [2.45, 2.75) is 37.8 Å². The summed E-state index contributed by atoms with van der Waals surface area (Å²) >= 11 is 0. The van der Waals surface area contributed by atoms with Crippen molar-refractivity contribution in [2.24, 2.45) is 0 Å². The van der Waals surface area contributed by atoms with E-state index in [-0.39, 0.29) is 6.04 Å². The molecule has 1 aliphatic carbocycles. The van der Waals surface area contributed by atoms with Crippen LogP contribution in [0.3, 0.4) is 0 Å². The Kier molecular flexibility index (Phi) is 5.24. The van der Waals surface area contributed by atoms with Crippen LogP contribution in [-0.4, -0.2) is 56.1 Å². The highest BCUT2D eigenvalue weighted by molar-refractivity contribution is 5.03. The summed E-state index contributed by atoms with van der Waals surface area (Å²) < 4.78 is 5.41. The van der Waals surface area contributed by atoms with Crippen molar-refractivity contribution in [3.05, 3.63) is 24.2 Å². The molecule has 20 heavy (non-hydrogen) atoms. The van der Waals surface area contributed by atoms with Gasteiger partial charge in [0, 0.05) is 25.2 Å². The number of furan rings is 1. The number of rotatable bonds is 8. The van der Waals surface area contributed by atoms with Gasteiger partial charge in [0.1, 0.15) is 5.76 Å². The molecule has 1 heterocycles. The molecule has 1 N–H and O–H groups in total. The second-order valence-corrected chi connectivity index (χ2v) is 6.40. The van der Waals surface area contributed by atoms with Crippen LogP contribution in [0.2, 0.25) is 0 Å². The third-order valence-electron chi connectivity index (χ3n) is 4.71. The second kappa shape index (κ2) is 6.74. The van der Waals surface area contributed by atoms with Crippen LogP contribution in [0.15, 0.2) is 22.8 Å². The Morgan fingerprint density at radius 2 is 2.10 bits per heavy atom. The Morgan fingerprint density at radius 1 is 1.35 bits per heavy atom. The van der Waals surface area contributed by atoms with Crippen molar-refractivity contribution in [1.82, 2.24) is 15.1 Å². The average molecular weight is 279 g/mol. The molecule has 0 spiro atoms. The van der Waals surface area contributed by atoms with Gasteiger partial charge in [-0.2, -0.15) is 0 Å². The van der Waals surface area contributed by atoms with Crippen LogP contribution in [0.4, 0.5) is 0 Å². The second-order valence-electron chi connectivity index (χ2n) is 6.40. The lowest BCUT2D eigenvalue weighted by Crippen LogP contribution is -2.57. The molecule has 1 unspecified atom stereocenters. The van der Waals surface area contributed by atoms with Gasteiger partial charge in [0.15, 0.2) is 0 Å². The molecule has 4 heteroatoms. The van der Waals surface area contributed by atoms with Crippen LogP contribution in [-0.2, 0) is 0 Å². The van der Waals surface area contributed by atoms with Gasteiger partial charge in [-0.25, -0.2) is 0 Å². The fraction of sp³-hybridized carbons (Fsp3) is 0.750. The fourth-order valence-corrected chi connectivity index (χ4v) is 3.02. The lowest BCUT2D eigenvalue weighted by molar-refractivity contribution is 0.0280. The van der Waals surface area contributed by atoms with E-state index in [9.17, 15) is 0 Å². The van der Waals surface area contributed by atoms with E-state index < -0.39 is 0 Å². The maximum Gasteiger partial charge on any atom is 0.120 e. The maximum absolute atomic E-state index is 5.41. The first-order valence-electron chi connectivity index (χ1n) is 7.66. The van der Waals surface area contributed by atoms with Gasteiger partial charge in [-0.05, 0) is 59.5 Å². The zero-order valence-electron chi connectivity index (χ0n) is 13.4. The highest BCUT2D eigenvalue weighted by Crippen LogP contribution is 2.36. The summed E-state index contributed by atoms with van der Waals surface area (Å²) in [5.74, 6) is 1.01. The first-order valence-corrected chi connectivity index (χ1v) is 7.66. The van der Waals surface area contributed by atoms with Gasteiger partial charge in [-0.3, -0.25) is 0 Å². The first kappa shape index (κ1) is 15.5. The largest absolute Gasteiger partial charge is 0.468 e. The van der Waals surface area contributed by atoms with E-state index in [4.69, 9.17) is 4.42 Å². The third-order valence-corrected chi connectivity index (χ3v) is 4.71. The molecular weight excluding hydrogens is 250 g/mol. The molecule has 1 aromatic heterocycles. The first-order chi connectivity index (χ1) is 9.53. The van der Waals surface area contributed by atoms with E-state index >= 15 is 0 Å². The molecule has 4 nitrogen and oxygen atoms in total. The zero-order valence-corrected chi connectivity index (χ0v) is 13.4. The average Bonchev–Trinajstić information content (AvgIpc) is 2.87. The van der Waals surface area contributed by atoms with Gasteiger partial charge in [0.05, 0.1) is 12.3 Å². The minimum Gasteiger partial charge on any atom is -0.468 e. The smallest absolute Gasteiger partial charge is 0.120 e. The molecule has 2 rings (SSSR count). The van der Waals surface area contributed by atoms with Gasteiger partial charge in [0.2, 0.25) is 0 Å². The van der Waals surface area contributed by atoms with E-state index in [2.05, 4.69) is 43.2 Å². The quantitative estimate of drug-likeness (QED) is 0.791. The number of hydrogen-bond acceptors (Lipinski definition) is 4. The standard InChI is InChI=1S/C16H29N3O/c1-14(15-7-5-12-20-15)17-10-11-19(4)13-16(18(2)3)8-6-9-16/h5,7,12,14,17H,6,8-11,13H2,1-4H3. The van der Waals surface area contributed by atoms with Crippen molar-refractivity contribution in [3.63, 3.8) is 0 Å². The molecule has 1 aliphatic rings. The molecule has 114 valence electrons. The van der Waals surface area contributed by atoms with Gasteiger partial charge in [-0.15, -0.1) is 0 Å². The highest BCUT2D eigenvalue weighted by atomic mass is 16.3. The van der Waals surface area contributed by atoms with E-state index in [1.54, 1.807) is 6.26 Å². The lowest BCUT2D eigenvalue weighted by Gasteiger charge is -2.49. The molecule has 1 saturated carbocycles. The summed E-state index contributed by atoms with van der Waals surface area (Å²) in [6.07, 6.45) is 5.78. The lowest BCUT2D eigenvalue weighted by atomic mass is 9.75. The van der Waals surface area contributed by atoms with Gasteiger partial charge < -0.3 is 19.5 Å². The molecule has 1 aromatic rings. The molecule has 0 saturated heterocycles. The van der Waals surface area contributed by atoms with Crippen molar-refractivity contribution >= 4 is 0 Å². The Morgan fingerprint density at radius 3 is 2.60 bits per heavy atom. The monoisotopic (exact) mass is 279 g/mol. The van der Waals surface area contributed by atoms with Gasteiger partial charge in [0.25, 0.3) is 0 Å². The normalized spacial score (nSPS) is 19.3. The third kappa shape index (κ3) is 3.62. The van der Waals surface area contributed by atoms with Crippen LogP contribution in [0.25, 0.3) is 0 Å². The summed E-state index contributed by atoms with van der Waals surface area (Å²) in [7, 11) is 6.65. The van der Waals surface area contributed by atoms with Crippen LogP contribution >= 0.6 is 0 Å². The van der Waals surface area contributed by atoms with Crippen molar-refractivity contribution in [1.29, 1.82) is 0 Å². The van der Waals surface area contributed by atoms with E-state index in [1.165, 1.54) is 19.3 Å². The Labute approximate surface area is 123 Å². The van der Waals surface area contributed by atoms with E-state index in [0.717, 1.165) is 25.4 Å². The predicted octanol–water partition coefficient (Wildman–Crippen LogP) is 2.35. The van der Waals surface area contributed by atoms with Crippen LogP contribution < -0.4 is 5.32 Å². The van der Waals surface area contributed by atoms with Crippen LogP contribution in [0.5, 0.6) is 0 Å². The summed E-state index contributed by atoms with van der Waals surface area (Å²) in [5.41, 5.74) is 0.418. The molecule has 0 bridgehead atoms. The number of hydrogen-bond donors (Lipinski definition) is 1. The fourth-order valence-electron chi connectivity index (χ4n) is 3.02. The SMILES string of the molecule is CC(NCCN(C)CC1(N(C)C)CCC1)c1ccco1. The molecule has 1 fully saturated rings. The summed E-state index contributed by atoms with van der Waals surface area (Å²) in [4.78, 5) is 4.85. The zero-order chi connectivity index (χ0) is 14.6. The van der Waals surface area contributed by atoms with E-state index in [0.29, 0.717) is 5.54 Å². The topological polar surface area (TPSA) is 31.6 Å². The summed E-state index contributed by atoms with van der Waals surface area (Å²) in [6, 6.07) is 4.25. The van der Waals surface area contributed by atoms with Crippen molar-refractivity contribution < 1.29 is 4.42 Å². The molecular formula is C16H29N3O. The Bertz CT molecular complexity index is 384. The number of nitrogens with zero attached hydrogens (tertiary/aromatic N) is 2. The molecule has 1 atom stereocenters. The van der Waals surface area contributed by atoms with Crippen molar-refractivity contribution in [3.8, 4) is 0 Å². The van der Waals surface area contributed by atoms with E-state index in [1.807, 2.05) is 12.1 Å². The summed E-state index contributed by atoms with van der Waals surface area (Å²) in [5, 5.41) is 3.52. The highest BCUT2D eigenvalue weighted by Gasteiger charge is 2.39. The molecule has 0 aliphatic heterocycles. The molecule has 0 amide bonds. The minimum atomic E-state index is 0.282. The number of likely N-dealkylation sites (N-methyl/N-ethyl adjacent to an activating group) is 2. The molecule has 0 radical (unpaired) electrons. The Hall–Kier alpha value is -0.840. The van der Waals surface area contributed by atoms with Crippen molar-refractivity contribution in [2.75, 3.05) is 40.8 Å².